The summed E-state index contributed by atoms with van der Waals surface area (Å²) in [6.07, 6.45) is -4.55. The highest BCUT2D eigenvalue weighted by atomic mass is 19.4. The molecule has 0 radical (unpaired) electrons. The molecule has 0 aliphatic rings. The molecule has 0 aliphatic carbocycles. The number of nitrogens with one attached hydrogen (secondary N) is 2. The fourth-order valence-corrected chi connectivity index (χ4v) is 1.98. The lowest BCUT2D eigenvalue weighted by Crippen LogP contribution is -2.20. The first kappa shape index (κ1) is 17.7. The minimum atomic E-state index is -4.47. The van der Waals surface area contributed by atoms with Crippen LogP contribution in [0.15, 0.2) is 48.5 Å². The SMILES string of the molecule is CC(C)Oc1ccccc1NC(=O)Nc1cccc(C(F)(F)F)c1. The summed E-state index contributed by atoms with van der Waals surface area (Å²) in [6.45, 7) is 3.69. The van der Waals surface area contributed by atoms with E-state index in [2.05, 4.69) is 10.6 Å². The zero-order chi connectivity index (χ0) is 17.7. The van der Waals surface area contributed by atoms with E-state index in [4.69, 9.17) is 4.74 Å². The number of benzene rings is 2. The number of carbonyl (C=O) groups is 1. The molecule has 0 spiro atoms. The summed E-state index contributed by atoms with van der Waals surface area (Å²) >= 11 is 0. The number of para-hydroxylation sites is 2. The molecule has 0 aromatic heterocycles. The fraction of sp³-hybridized carbons (Fsp3) is 0.235. The van der Waals surface area contributed by atoms with Gasteiger partial charge in [0.2, 0.25) is 0 Å². The molecule has 0 bridgehead atoms. The van der Waals surface area contributed by atoms with E-state index in [0.717, 1.165) is 12.1 Å². The second-order valence-electron chi connectivity index (χ2n) is 5.32. The summed E-state index contributed by atoms with van der Waals surface area (Å²) in [5.41, 5.74) is -0.357. The van der Waals surface area contributed by atoms with Crippen LogP contribution in [0.3, 0.4) is 0 Å². The van der Waals surface area contributed by atoms with Gasteiger partial charge in [-0.05, 0) is 44.2 Å². The van der Waals surface area contributed by atoms with Crippen molar-refractivity contribution in [3.8, 4) is 5.75 Å². The molecule has 7 heteroatoms. The van der Waals surface area contributed by atoms with Crippen LogP contribution in [0.2, 0.25) is 0 Å². The maximum absolute atomic E-state index is 12.7. The van der Waals surface area contributed by atoms with Gasteiger partial charge in [0, 0.05) is 5.69 Å². The topological polar surface area (TPSA) is 50.4 Å². The number of amides is 2. The van der Waals surface area contributed by atoms with Gasteiger partial charge in [-0.2, -0.15) is 13.2 Å². The Bertz CT molecular complexity index is 715. The van der Waals surface area contributed by atoms with Crippen molar-refractivity contribution < 1.29 is 22.7 Å². The number of ether oxygens (including phenoxy) is 1. The lowest BCUT2D eigenvalue weighted by Gasteiger charge is -2.15. The third-order valence-electron chi connectivity index (χ3n) is 2.95. The Labute approximate surface area is 137 Å². The molecule has 0 atom stereocenters. The first-order valence-corrected chi connectivity index (χ1v) is 7.26. The van der Waals surface area contributed by atoms with Crippen LogP contribution in [-0.2, 0) is 6.18 Å². The lowest BCUT2D eigenvalue weighted by molar-refractivity contribution is -0.137. The third-order valence-corrected chi connectivity index (χ3v) is 2.95. The molecule has 4 nitrogen and oxygen atoms in total. The van der Waals surface area contributed by atoms with Crippen LogP contribution in [0.5, 0.6) is 5.75 Å². The van der Waals surface area contributed by atoms with Gasteiger partial charge in [0.05, 0.1) is 17.4 Å². The molecule has 2 amide bonds. The summed E-state index contributed by atoms with van der Waals surface area (Å²) in [6, 6.07) is 10.6. The molecule has 24 heavy (non-hydrogen) atoms. The normalized spacial score (nSPS) is 11.2. The van der Waals surface area contributed by atoms with Gasteiger partial charge in [-0.15, -0.1) is 0 Å². The number of halogens is 3. The van der Waals surface area contributed by atoms with Crippen LogP contribution >= 0.6 is 0 Å². The predicted molar refractivity (Wildman–Crippen MR) is 86.3 cm³/mol. The highest BCUT2D eigenvalue weighted by Gasteiger charge is 2.30. The average Bonchev–Trinajstić information content (AvgIpc) is 2.48. The Balaban J connectivity index is 2.09. The number of rotatable bonds is 4. The van der Waals surface area contributed by atoms with E-state index in [1.807, 2.05) is 13.8 Å². The molecule has 0 unspecified atom stereocenters. The maximum atomic E-state index is 12.7. The van der Waals surface area contributed by atoms with E-state index < -0.39 is 17.8 Å². The summed E-state index contributed by atoms with van der Waals surface area (Å²) in [4.78, 5) is 12.0. The highest BCUT2D eigenvalue weighted by Crippen LogP contribution is 2.31. The molecule has 128 valence electrons. The van der Waals surface area contributed by atoms with E-state index in [1.54, 1.807) is 24.3 Å². The van der Waals surface area contributed by atoms with Crippen LogP contribution in [-0.4, -0.2) is 12.1 Å². The standard InChI is InChI=1S/C17H17F3N2O2/c1-11(2)24-15-9-4-3-8-14(15)22-16(23)21-13-7-5-6-12(10-13)17(18,19)20/h3-11H,1-2H3,(H2,21,22,23). The number of anilines is 2. The van der Waals surface area contributed by atoms with Crippen molar-refractivity contribution >= 4 is 17.4 Å². The Morgan fingerprint density at radius 3 is 2.42 bits per heavy atom. The van der Waals surface area contributed by atoms with Gasteiger partial charge < -0.3 is 15.4 Å². The van der Waals surface area contributed by atoms with Gasteiger partial charge in [0.1, 0.15) is 5.75 Å². The number of hydrogen-bond donors (Lipinski definition) is 2. The third kappa shape index (κ3) is 4.91. The minimum Gasteiger partial charge on any atom is -0.489 e. The summed E-state index contributed by atoms with van der Waals surface area (Å²) in [7, 11) is 0. The summed E-state index contributed by atoms with van der Waals surface area (Å²) in [5.74, 6) is 0.478. The van der Waals surface area contributed by atoms with Gasteiger partial charge in [0.15, 0.2) is 0 Å². The van der Waals surface area contributed by atoms with E-state index >= 15 is 0 Å². The second-order valence-corrected chi connectivity index (χ2v) is 5.32. The maximum Gasteiger partial charge on any atom is 0.416 e. The van der Waals surface area contributed by atoms with Crippen LogP contribution in [0, 0.1) is 0 Å². The van der Waals surface area contributed by atoms with E-state index in [0.29, 0.717) is 11.4 Å². The predicted octanol–water partition coefficient (Wildman–Crippen LogP) is 5.14. The van der Waals surface area contributed by atoms with Crippen molar-refractivity contribution in [2.24, 2.45) is 0 Å². The van der Waals surface area contributed by atoms with Crippen LogP contribution in [0.1, 0.15) is 19.4 Å². The molecule has 2 N–H and O–H groups in total. The van der Waals surface area contributed by atoms with Crippen molar-refractivity contribution in [1.29, 1.82) is 0 Å². The Kier molecular flexibility index (Phi) is 5.33. The van der Waals surface area contributed by atoms with Gasteiger partial charge in [0.25, 0.3) is 0 Å². The molecule has 2 aromatic rings. The van der Waals surface area contributed by atoms with Crippen molar-refractivity contribution in [2.45, 2.75) is 26.1 Å². The Morgan fingerprint density at radius 2 is 1.75 bits per heavy atom. The van der Waals surface area contributed by atoms with Crippen LogP contribution in [0.25, 0.3) is 0 Å². The van der Waals surface area contributed by atoms with Crippen molar-refractivity contribution in [3.63, 3.8) is 0 Å². The van der Waals surface area contributed by atoms with Gasteiger partial charge in [-0.3, -0.25) is 0 Å². The fourth-order valence-electron chi connectivity index (χ4n) is 1.98. The van der Waals surface area contributed by atoms with Gasteiger partial charge in [-0.1, -0.05) is 18.2 Å². The zero-order valence-electron chi connectivity index (χ0n) is 13.1. The van der Waals surface area contributed by atoms with Gasteiger partial charge >= 0.3 is 12.2 Å². The van der Waals surface area contributed by atoms with E-state index in [1.165, 1.54) is 12.1 Å². The molecule has 0 fully saturated rings. The molecule has 2 rings (SSSR count). The second kappa shape index (κ2) is 7.25. The molecule has 0 aliphatic heterocycles. The van der Waals surface area contributed by atoms with E-state index in [-0.39, 0.29) is 11.8 Å². The van der Waals surface area contributed by atoms with Crippen molar-refractivity contribution in [1.82, 2.24) is 0 Å². The lowest BCUT2D eigenvalue weighted by atomic mass is 10.2. The molecule has 0 saturated carbocycles. The quantitative estimate of drug-likeness (QED) is 0.811. The number of alkyl halides is 3. The number of urea groups is 1. The average molecular weight is 338 g/mol. The minimum absolute atomic E-state index is 0.0459. The van der Waals surface area contributed by atoms with Crippen LogP contribution < -0.4 is 15.4 Å². The Morgan fingerprint density at radius 1 is 1.04 bits per heavy atom. The first-order chi connectivity index (χ1) is 11.3. The Hall–Kier alpha value is -2.70. The van der Waals surface area contributed by atoms with Crippen LogP contribution in [0.4, 0.5) is 29.3 Å². The van der Waals surface area contributed by atoms with Gasteiger partial charge in [-0.25, -0.2) is 4.79 Å². The number of hydrogen-bond acceptors (Lipinski definition) is 2. The highest BCUT2D eigenvalue weighted by molar-refractivity contribution is 6.00. The monoisotopic (exact) mass is 338 g/mol. The van der Waals surface area contributed by atoms with Crippen molar-refractivity contribution in [3.05, 3.63) is 54.1 Å². The largest absolute Gasteiger partial charge is 0.489 e. The first-order valence-electron chi connectivity index (χ1n) is 7.26. The summed E-state index contributed by atoms with van der Waals surface area (Å²) in [5, 5.41) is 4.94. The van der Waals surface area contributed by atoms with Crippen molar-refractivity contribution in [2.75, 3.05) is 10.6 Å². The molecular formula is C17H17F3N2O2. The summed E-state index contributed by atoms with van der Waals surface area (Å²) < 4.78 is 43.6. The zero-order valence-corrected chi connectivity index (χ0v) is 13.1. The molecule has 0 saturated heterocycles. The van der Waals surface area contributed by atoms with E-state index in [9.17, 15) is 18.0 Å². The molecule has 2 aromatic carbocycles. The number of carbonyl (C=O) groups excluding carboxylic acids is 1. The molecular weight excluding hydrogens is 321 g/mol. The molecule has 0 heterocycles. The smallest absolute Gasteiger partial charge is 0.416 e.